The minimum absolute atomic E-state index is 0.309. The Labute approximate surface area is 49.3 Å². The molecule has 0 amide bonds. The van der Waals surface area contributed by atoms with Crippen LogP contribution in [0.15, 0.2) is 9.98 Å². The van der Waals surface area contributed by atoms with Crippen molar-refractivity contribution in [3.63, 3.8) is 0 Å². The van der Waals surface area contributed by atoms with Gasteiger partial charge in [-0.3, -0.25) is 9.98 Å². The van der Waals surface area contributed by atoms with E-state index in [0.717, 1.165) is 12.3 Å². The summed E-state index contributed by atoms with van der Waals surface area (Å²) in [7, 11) is 0. The Hall–Kier alpha value is -0.660. The van der Waals surface area contributed by atoms with E-state index in [9.17, 15) is 0 Å². The molecular formula is C6H10N2. The number of hydrogen-bond donors (Lipinski definition) is 0. The summed E-state index contributed by atoms with van der Waals surface area (Å²) in [5, 5.41) is 0. The number of hydrogen-bond acceptors (Lipinski definition) is 2. The van der Waals surface area contributed by atoms with Crippen LogP contribution in [0, 0.1) is 0 Å². The summed E-state index contributed by atoms with van der Waals surface area (Å²) < 4.78 is 0. The van der Waals surface area contributed by atoms with Crippen LogP contribution in [0.4, 0.5) is 0 Å². The first-order chi connectivity index (χ1) is 3.79. The second-order valence-electron chi connectivity index (χ2n) is 2.09. The highest BCUT2D eigenvalue weighted by atomic mass is 14.9. The van der Waals surface area contributed by atoms with Crippen molar-refractivity contribution in [2.24, 2.45) is 9.98 Å². The van der Waals surface area contributed by atoms with Gasteiger partial charge in [-0.2, -0.15) is 0 Å². The third-order valence-electron chi connectivity index (χ3n) is 1.07. The molecule has 1 atom stereocenters. The Morgan fingerprint density at radius 2 is 2.50 bits per heavy atom. The van der Waals surface area contributed by atoms with E-state index < -0.39 is 0 Å². The molecular weight excluding hydrogens is 100 g/mol. The van der Waals surface area contributed by atoms with E-state index in [2.05, 4.69) is 9.98 Å². The monoisotopic (exact) mass is 110 g/mol. The lowest BCUT2D eigenvalue weighted by molar-refractivity contribution is 0.954. The molecule has 0 fully saturated rings. The van der Waals surface area contributed by atoms with Gasteiger partial charge in [-0.1, -0.05) is 0 Å². The summed E-state index contributed by atoms with van der Waals surface area (Å²) in [6.07, 6.45) is 1.88. The van der Waals surface area contributed by atoms with Gasteiger partial charge in [-0.15, -0.1) is 0 Å². The van der Waals surface area contributed by atoms with Gasteiger partial charge in [0.05, 0.1) is 12.6 Å². The van der Waals surface area contributed by atoms with Crippen molar-refractivity contribution < 1.29 is 0 Å². The van der Waals surface area contributed by atoms with E-state index in [0.29, 0.717) is 6.04 Å². The predicted molar refractivity (Wildman–Crippen MR) is 35.9 cm³/mol. The van der Waals surface area contributed by atoms with E-state index >= 15 is 0 Å². The third kappa shape index (κ3) is 1.15. The van der Waals surface area contributed by atoms with Crippen LogP contribution in [0.3, 0.4) is 0 Å². The van der Waals surface area contributed by atoms with E-state index in [1.807, 2.05) is 20.1 Å². The van der Waals surface area contributed by atoms with Crippen LogP contribution < -0.4 is 0 Å². The van der Waals surface area contributed by atoms with Crippen LogP contribution in [0.1, 0.15) is 13.8 Å². The largest absolute Gasteiger partial charge is 0.289 e. The fourth-order valence-electron chi connectivity index (χ4n) is 0.759. The molecule has 0 saturated carbocycles. The Bertz CT molecular complexity index is 135. The van der Waals surface area contributed by atoms with E-state index in [-0.39, 0.29) is 0 Å². The smallest absolute Gasteiger partial charge is 0.0818 e. The molecule has 0 aromatic heterocycles. The Morgan fingerprint density at radius 3 is 2.88 bits per heavy atom. The fourth-order valence-corrected chi connectivity index (χ4v) is 0.759. The van der Waals surface area contributed by atoms with Crippen LogP contribution in [0.5, 0.6) is 0 Å². The van der Waals surface area contributed by atoms with Gasteiger partial charge in [-0.25, -0.2) is 0 Å². The van der Waals surface area contributed by atoms with Crippen molar-refractivity contribution in [2.45, 2.75) is 19.9 Å². The molecule has 2 heteroatoms. The molecule has 0 radical (unpaired) electrons. The molecule has 0 aliphatic carbocycles. The van der Waals surface area contributed by atoms with Crippen LogP contribution in [0.25, 0.3) is 0 Å². The second-order valence-corrected chi connectivity index (χ2v) is 2.09. The molecule has 44 valence electrons. The first kappa shape index (κ1) is 5.48. The average Bonchev–Trinajstić information content (AvgIpc) is 1.64. The van der Waals surface area contributed by atoms with E-state index in [1.54, 1.807) is 0 Å². The predicted octanol–water partition coefficient (Wildman–Crippen LogP) is 0.920. The number of aliphatic imine (C=N–C) groups is 2. The maximum Gasteiger partial charge on any atom is 0.0818 e. The van der Waals surface area contributed by atoms with Gasteiger partial charge in [0.25, 0.3) is 0 Å². The molecule has 0 aromatic carbocycles. The Morgan fingerprint density at radius 1 is 1.75 bits per heavy atom. The van der Waals surface area contributed by atoms with Gasteiger partial charge in [0, 0.05) is 11.9 Å². The van der Waals surface area contributed by atoms with E-state index in [4.69, 9.17) is 0 Å². The molecule has 8 heavy (non-hydrogen) atoms. The highest BCUT2D eigenvalue weighted by Gasteiger charge is 1.99. The first-order valence-corrected chi connectivity index (χ1v) is 2.82. The summed E-state index contributed by atoms with van der Waals surface area (Å²) in [4.78, 5) is 8.33. The molecule has 0 bridgehead atoms. The highest BCUT2D eigenvalue weighted by molar-refractivity contribution is 5.89. The lowest BCUT2D eigenvalue weighted by atomic mass is 10.3. The maximum atomic E-state index is 4.25. The topological polar surface area (TPSA) is 24.7 Å². The van der Waals surface area contributed by atoms with E-state index in [1.165, 1.54) is 0 Å². The zero-order valence-electron chi connectivity index (χ0n) is 5.26. The SMILES string of the molecule is CC1=NC(C)C=NC1. The fraction of sp³-hybridized carbons (Fsp3) is 0.667. The van der Waals surface area contributed by atoms with Crippen molar-refractivity contribution in [1.82, 2.24) is 0 Å². The summed E-state index contributed by atoms with van der Waals surface area (Å²) in [5.74, 6) is 0. The van der Waals surface area contributed by atoms with Gasteiger partial charge < -0.3 is 0 Å². The van der Waals surface area contributed by atoms with Crippen molar-refractivity contribution in [2.75, 3.05) is 6.54 Å². The maximum absolute atomic E-state index is 4.25. The Kier molecular flexibility index (Phi) is 1.42. The molecule has 1 rings (SSSR count). The third-order valence-corrected chi connectivity index (χ3v) is 1.07. The second kappa shape index (κ2) is 2.07. The minimum Gasteiger partial charge on any atom is -0.289 e. The summed E-state index contributed by atoms with van der Waals surface area (Å²) >= 11 is 0. The summed E-state index contributed by atoms with van der Waals surface area (Å²) in [6, 6.07) is 0.309. The van der Waals surface area contributed by atoms with Crippen molar-refractivity contribution in [3.05, 3.63) is 0 Å². The molecule has 1 aliphatic heterocycles. The van der Waals surface area contributed by atoms with Gasteiger partial charge in [0.15, 0.2) is 0 Å². The molecule has 2 nitrogen and oxygen atoms in total. The molecule has 0 aromatic rings. The molecule has 0 spiro atoms. The van der Waals surface area contributed by atoms with Crippen LogP contribution in [-0.4, -0.2) is 24.5 Å². The number of nitrogens with zero attached hydrogens (tertiary/aromatic N) is 2. The van der Waals surface area contributed by atoms with Crippen molar-refractivity contribution in [1.29, 1.82) is 0 Å². The minimum atomic E-state index is 0.309. The summed E-state index contributed by atoms with van der Waals surface area (Å²) in [5.41, 5.74) is 1.14. The van der Waals surface area contributed by atoms with Gasteiger partial charge in [0.2, 0.25) is 0 Å². The average molecular weight is 110 g/mol. The van der Waals surface area contributed by atoms with Crippen molar-refractivity contribution in [3.8, 4) is 0 Å². The lowest BCUT2D eigenvalue weighted by Gasteiger charge is -2.05. The van der Waals surface area contributed by atoms with Crippen LogP contribution in [0.2, 0.25) is 0 Å². The normalized spacial score (nSPS) is 27.8. The van der Waals surface area contributed by atoms with Crippen LogP contribution in [-0.2, 0) is 0 Å². The number of rotatable bonds is 0. The lowest BCUT2D eigenvalue weighted by Crippen LogP contribution is -2.12. The quantitative estimate of drug-likeness (QED) is 0.443. The van der Waals surface area contributed by atoms with Crippen LogP contribution >= 0.6 is 0 Å². The molecule has 0 N–H and O–H groups in total. The highest BCUT2D eigenvalue weighted by Crippen LogP contribution is 1.93. The van der Waals surface area contributed by atoms with Gasteiger partial charge in [0.1, 0.15) is 0 Å². The standard InChI is InChI=1S/C6H10N2/c1-5-3-7-4-6(2)8-5/h3,5H,4H2,1-2H3. The first-order valence-electron chi connectivity index (χ1n) is 2.82. The van der Waals surface area contributed by atoms with Gasteiger partial charge in [-0.05, 0) is 13.8 Å². The van der Waals surface area contributed by atoms with Crippen molar-refractivity contribution >= 4 is 11.9 Å². The molecule has 1 heterocycles. The molecule has 1 unspecified atom stereocenters. The zero-order chi connectivity index (χ0) is 5.98. The zero-order valence-corrected chi connectivity index (χ0v) is 5.26. The molecule has 0 saturated heterocycles. The summed E-state index contributed by atoms with van der Waals surface area (Å²) in [6.45, 7) is 4.84. The Balaban J connectivity index is 2.60. The van der Waals surface area contributed by atoms with Gasteiger partial charge >= 0.3 is 0 Å². The molecule has 1 aliphatic rings.